The number of β-amino-alcohol motifs (C(OH)–C–C–N with tert-alkyl or cyclic N) is 1. The number of nitrogens with one attached hydrogen (secondary N) is 1. The van der Waals surface area contributed by atoms with Crippen LogP contribution in [0.1, 0.15) is 72.4 Å². The Bertz CT molecular complexity index is 2810. The number of aliphatic hydroxyl groups is 1. The Morgan fingerprint density at radius 1 is 1.00 bits per heavy atom. The Hall–Kier alpha value is -5.59. The van der Waals surface area contributed by atoms with E-state index in [1.165, 1.54) is 15.3 Å². The molecule has 2 aliphatic rings. The first-order valence-electron chi connectivity index (χ1n) is 21.2. The van der Waals surface area contributed by atoms with Crippen molar-refractivity contribution in [3.8, 4) is 38.7 Å². The summed E-state index contributed by atoms with van der Waals surface area (Å²) in [4.78, 5) is 51.5. The lowest BCUT2D eigenvalue weighted by Crippen LogP contribution is -2.49. The van der Waals surface area contributed by atoms with E-state index in [0.717, 1.165) is 57.8 Å². The highest BCUT2D eigenvalue weighted by atomic mass is 35.5. The molecule has 0 bridgehead atoms. The molecule has 2 radical (unpaired) electrons. The van der Waals surface area contributed by atoms with Crippen molar-refractivity contribution in [3.63, 3.8) is 0 Å². The van der Waals surface area contributed by atoms with Crippen LogP contribution in [0.15, 0.2) is 77.0 Å². The number of benzene rings is 2. The predicted octanol–water partition coefficient (Wildman–Crippen LogP) is 7.92. The number of carbonyl (C=O) groups is 2. The number of thiophene rings is 1. The SMILES string of the molecule is Cc1ncsc1-c1ccc(C[Si]NC(=O)[C@@H]2C[C@@H](O)CN2C(=O)[C@@H](c2cc(-c3cnc(N4CCC(c5sc6nnc(-c7cccc(Cl)c7O)cc6c5C)CC4)nc3)no2)C(C)C)cc1. The summed E-state index contributed by atoms with van der Waals surface area (Å²) < 4.78 is 5.82. The summed E-state index contributed by atoms with van der Waals surface area (Å²) in [5, 5.41) is 35.7. The maximum atomic E-state index is 14.2. The lowest BCUT2D eigenvalue weighted by molar-refractivity contribution is -0.140. The fraction of sp³-hybridized carbons (Fsp3) is 0.348. The minimum atomic E-state index is -0.813. The van der Waals surface area contributed by atoms with Gasteiger partial charge in [-0.2, -0.15) is 0 Å². The van der Waals surface area contributed by atoms with Gasteiger partial charge in [0, 0.05) is 65.9 Å². The monoisotopic (exact) mass is 931 g/mol. The second-order valence-electron chi connectivity index (χ2n) is 16.7. The summed E-state index contributed by atoms with van der Waals surface area (Å²) in [6.45, 7) is 9.61. The van der Waals surface area contributed by atoms with Crippen LogP contribution in [0.3, 0.4) is 0 Å². The Morgan fingerprint density at radius 3 is 2.48 bits per heavy atom. The number of nitrogens with zero attached hydrogens (tertiary/aromatic N) is 8. The molecule has 2 aromatic carbocycles. The Labute approximate surface area is 385 Å². The third kappa shape index (κ3) is 8.78. The number of hydrogen-bond donors (Lipinski definition) is 3. The first-order chi connectivity index (χ1) is 30.9. The van der Waals surface area contributed by atoms with Gasteiger partial charge in [0.1, 0.15) is 34.0 Å². The van der Waals surface area contributed by atoms with E-state index >= 15 is 0 Å². The van der Waals surface area contributed by atoms with Gasteiger partial charge in [-0.05, 0) is 79.5 Å². The van der Waals surface area contributed by atoms with Crippen LogP contribution in [0.2, 0.25) is 5.02 Å². The molecule has 0 unspecified atom stereocenters. The zero-order chi connectivity index (χ0) is 44.6. The standard InChI is InChI=1S/C46H46ClN9O5S2Si/c1-24(2)39(45(60)56-21-31(57)16-37(56)43(59)54-64-22-27-8-10-28(11-9-27)42-26(4)50-23-62-42)38-18-35(53-61-38)30-19-48-46(49-20-30)55-14-12-29(13-15-55)41-25(3)33-17-36(51-52-44(33)63-41)32-6-5-7-34(47)40(32)58/h5-11,17-20,23-24,29,31,37,39,57-58H,12-16,21-22H2,1-4H3,(H,54,59)/t31-,37+,39-/m1/s1. The number of likely N-dealkylation sites (tertiary alicyclic amines) is 1. The molecule has 2 saturated heterocycles. The molecule has 9 rings (SSSR count). The van der Waals surface area contributed by atoms with Crippen LogP contribution in [0.5, 0.6) is 5.75 Å². The number of carbonyl (C=O) groups excluding carboxylic acids is 2. The summed E-state index contributed by atoms with van der Waals surface area (Å²) in [6, 6.07) is 17.1. The quantitative estimate of drug-likeness (QED) is 0.101. The molecule has 5 aromatic heterocycles. The summed E-state index contributed by atoms with van der Waals surface area (Å²) >= 11 is 9.45. The van der Waals surface area contributed by atoms with E-state index in [0.29, 0.717) is 46.2 Å². The first-order valence-corrected chi connectivity index (χ1v) is 24.5. The van der Waals surface area contributed by atoms with Crippen molar-refractivity contribution in [1.82, 2.24) is 40.2 Å². The van der Waals surface area contributed by atoms with Gasteiger partial charge in [-0.15, -0.1) is 32.9 Å². The van der Waals surface area contributed by atoms with Crippen molar-refractivity contribution in [3.05, 3.63) is 105 Å². The number of rotatable bonds is 12. The van der Waals surface area contributed by atoms with Crippen LogP contribution in [-0.2, 0) is 15.6 Å². The third-order valence-corrected chi connectivity index (χ3v) is 15.8. The fourth-order valence-corrected chi connectivity index (χ4v) is 11.8. The fourth-order valence-electron chi connectivity index (χ4n) is 8.70. The van der Waals surface area contributed by atoms with Gasteiger partial charge in [0.25, 0.3) is 0 Å². The van der Waals surface area contributed by atoms with Crippen LogP contribution >= 0.6 is 34.3 Å². The number of aromatic nitrogens is 6. The zero-order valence-electron chi connectivity index (χ0n) is 35.7. The van der Waals surface area contributed by atoms with Gasteiger partial charge in [0.2, 0.25) is 17.8 Å². The molecular formula is C46H46ClN9O5S2Si. The third-order valence-electron chi connectivity index (χ3n) is 12.2. The number of halogens is 1. The number of aromatic hydroxyl groups is 1. The molecule has 2 fully saturated rings. The number of piperidine rings is 1. The molecule has 0 spiro atoms. The molecule has 3 atom stereocenters. The molecule has 7 aromatic rings. The molecule has 64 heavy (non-hydrogen) atoms. The molecule has 14 nitrogen and oxygen atoms in total. The Kier molecular flexibility index (Phi) is 12.6. The van der Waals surface area contributed by atoms with Gasteiger partial charge in [-0.3, -0.25) is 9.59 Å². The lowest BCUT2D eigenvalue weighted by atomic mass is 9.91. The molecule has 2 aliphatic heterocycles. The van der Waals surface area contributed by atoms with E-state index in [9.17, 15) is 19.8 Å². The smallest absolute Gasteiger partial charge is 0.234 e. The topological polar surface area (TPSA) is 184 Å². The highest BCUT2D eigenvalue weighted by Gasteiger charge is 2.43. The predicted molar refractivity (Wildman–Crippen MR) is 250 cm³/mol. The number of phenols is 1. The largest absolute Gasteiger partial charge is 0.506 e. The number of fused-ring (bicyclic) bond motifs is 1. The summed E-state index contributed by atoms with van der Waals surface area (Å²) in [6.07, 6.45) is 4.64. The molecule has 2 amide bonds. The Balaban J connectivity index is 0.810. The van der Waals surface area contributed by atoms with Crippen molar-refractivity contribution >= 4 is 71.9 Å². The summed E-state index contributed by atoms with van der Waals surface area (Å²) in [7, 11) is 0.109. The number of para-hydroxylation sites is 1. The molecular weight excluding hydrogens is 886 g/mol. The molecule has 18 heteroatoms. The average Bonchev–Trinajstić information content (AvgIpc) is 4.12. The number of hydrogen-bond acceptors (Lipinski definition) is 14. The van der Waals surface area contributed by atoms with Gasteiger partial charge in [-0.25, -0.2) is 15.0 Å². The summed E-state index contributed by atoms with van der Waals surface area (Å²) in [5.74, 6) is -0.115. The maximum Gasteiger partial charge on any atom is 0.234 e. The van der Waals surface area contributed by atoms with Crippen LogP contribution in [0.4, 0.5) is 5.95 Å². The minimum Gasteiger partial charge on any atom is -0.506 e. The molecule has 0 aliphatic carbocycles. The minimum absolute atomic E-state index is 0.00339. The van der Waals surface area contributed by atoms with E-state index in [-0.39, 0.29) is 51.2 Å². The number of thiazole rings is 1. The second kappa shape index (κ2) is 18.5. The average molecular weight is 933 g/mol. The van der Waals surface area contributed by atoms with Gasteiger partial charge in [-0.1, -0.05) is 60.9 Å². The molecule has 328 valence electrons. The highest BCUT2D eigenvalue weighted by molar-refractivity contribution is 7.19. The van der Waals surface area contributed by atoms with Gasteiger partial charge >= 0.3 is 0 Å². The first kappa shape index (κ1) is 43.6. The lowest BCUT2D eigenvalue weighted by Gasteiger charge is -2.31. The van der Waals surface area contributed by atoms with E-state index < -0.39 is 18.1 Å². The van der Waals surface area contributed by atoms with E-state index in [1.54, 1.807) is 59.3 Å². The van der Waals surface area contributed by atoms with Crippen molar-refractivity contribution in [2.75, 3.05) is 24.5 Å². The van der Waals surface area contributed by atoms with Crippen molar-refractivity contribution < 1.29 is 24.3 Å². The Morgan fingerprint density at radius 2 is 1.77 bits per heavy atom. The van der Waals surface area contributed by atoms with Gasteiger partial charge in [0.05, 0.1) is 32.9 Å². The van der Waals surface area contributed by atoms with Crippen LogP contribution in [0, 0.1) is 19.8 Å². The van der Waals surface area contributed by atoms with E-state index in [1.807, 2.05) is 32.3 Å². The number of anilines is 1. The van der Waals surface area contributed by atoms with E-state index in [4.69, 9.17) is 26.1 Å². The molecule has 3 N–H and O–H groups in total. The van der Waals surface area contributed by atoms with Crippen LogP contribution in [0.25, 0.3) is 43.2 Å². The number of aliphatic hydroxyl groups excluding tert-OH is 1. The second-order valence-corrected chi connectivity index (χ2v) is 20.0. The molecule has 7 heterocycles. The number of amides is 2. The van der Waals surface area contributed by atoms with Crippen molar-refractivity contribution in [2.24, 2.45) is 5.92 Å². The number of aryl methyl sites for hydroxylation is 2. The normalized spacial score (nSPS) is 17.4. The van der Waals surface area contributed by atoms with Gasteiger partial charge in [0.15, 0.2) is 9.68 Å². The summed E-state index contributed by atoms with van der Waals surface area (Å²) in [5.41, 5.74) is 8.52. The van der Waals surface area contributed by atoms with E-state index in [2.05, 4.69) is 61.4 Å². The van der Waals surface area contributed by atoms with Crippen molar-refractivity contribution in [1.29, 1.82) is 0 Å². The molecule has 0 saturated carbocycles. The zero-order valence-corrected chi connectivity index (χ0v) is 39.0. The highest BCUT2D eigenvalue weighted by Crippen LogP contribution is 2.42. The van der Waals surface area contributed by atoms with Crippen molar-refractivity contribution in [2.45, 2.75) is 77.0 Å². The maximum absolute atomic E-state index is 14.2. The number of phenolic OH excluding ortho intramolecular Hbond substituents is 1. The van der Waals surface area contributed by atoms with Crippen LogP contribution in [-0.4, -0.2) is 98.7 Å². The van der Waals surface area contributed by atoms with Crippen LogP contribution < -0.4 is 9.88 Å². The van der Waals surface area contributed by atoms with Gasteiger partial charge < -0.3 is 29.5 Å².